The van der Waals surface area contributed by atoms with Gasteiger partial charge in [-0.2, -0.15) is 0 Å². The molecular formula is C12H9NOS. The van der Waals surface area contributed by atoms with E-state index < -0.39 is 0 Å². The van der Waals surface area contributed by atoms with E-state index in [2.05, 4.69) is 12.1 Å². The number of nitrogens with two attached hydrogens (primary N) is 1. The van der Waals surface area contributed by atoms with Crippen LogP contribution in [0.1, 0.15) is 0 Å². The first-order valence-electron chi connectivity index (χ1n) is 4.66. The first-order chi connectivity index (χ1) is 7.27. The molecule has 0 aliphatic carbocycles. The number of phenolic OH excluding ortho intramolecular Hbond substituents is 1. The summed E-state index contributed by atoms with van der Waals surface area (Å²) in [5, 5.41) is 12.1. The number of rotatable bonds is 0. The lowest BCUT2D eigenvalue weighted by Crippen LogP contribution is -1.83. The number of phenols is 1. The molecule has 0 saturated carbocycles. The van der Waals surface area contributed by atoms with Crippen molar-refractivity contribution in [1.29, 1.82) is 0 Å². The normalized spacial score (nSPS) is 11.2. The molecule has 0 bridgehead atoms. The molecule has 0 aliphatic rings. The summed E-state index contributed by atoms with van der Waals surface area (Å²) in [6, 6.07) is 11.8. The summed E-state index contributed by atoms with van der Waals surface area (Å²) in [5.74, 6) is 0.203. The second kappa shape index (κ2) is 2.87. The van der Waals surface area contributed by atoms with Crippen LogP contribution >= 0.6 is 11.3 Å². The van der Waals surface area contributed by atoms with Gasteiger partial charge in [-0.25, -0.2) is 0 Å². The van der Waals surface area contributed by atoms with E-state index >= 15 is 0 Å². The minimum atomic E-state index is 0.203. The van der Waals surface area contributed by atoms with Crippen LogP contribution in [0.3, 0.4) is 0 Å². The molecule has 2 nitrogen and oxygen atoms in total. The topological polar surface area (TPSA) is 46.2 Å². The Balaban J connectivity index is 2.60. The summed E-state index contributed by atoms with van der Waals surface area (Å²) >= 11 is 1.57. The minimum Gasteiger partial charge on any atom is -0.504 e. The van der Waals surface area contributed by atoms with Crippen LogP contribution in [0.15, 0.2) is 36.4 Å². The zero-order valence-corrected chi connectivity index (χ0v) is 8.71. The number of fused-ring (bicyclic) bond motifs is 3. The molecule has 0 saturated heterocycles. The van der Waals surface area contributed by atoms with Gasteiger partial charge in [0.15, 0.2) is 5.75 Å². The van der Waals surface area contributed by atoms with E-state index in [0.29, 0.717) is 5.69 Å². The van der Waals surface area contributed by atoms with Crippen molar-refractivity contribution in [3.8, 4) is 5.75 Å². The van der Waals surface area contributed by atoms with Gasteiger partial charge in [-0.1, -0.05) is 24.3 Å². The summed E-state index contributed by atoms with van der Waals surface area (Å²) < 4.78 is 2.05. The number of benzene rings is 2. The first kappa shape index (κ1) is 8.56. The van der Waals surface area contributed by atoms with Gasteiger partial charge in [0.1, 0.15) is 0 Å². The highest BCUT2D eigenvalue weighted by Crippen LogP contribution is 2.41. The van der Waals surface area contributed by atoms with Crippen LogP contribution in [0.25, 0.3) is 20.2 Å². The SMILES string of the molecule is Nc1ccc2c(sc3ccccc32)c1O. The van der Waals surface area contributed by atoms with Crippen molar-refractivity contribution < 1.29 is 5.11 Å². The molecule has 74 valence electrons. The molecule has 3 heteroatoms. The van der Waals surface area contributed by atoms with E-state index in [-0.39, 0.29) is 5.75 Å². The second-order valence-electron chi connectivity index (χ2n) is 3.48. The van der Waals surface area contributed by atoms with Gasteiger partial charge in [0, 0.05) is 15.5 Å². The molecule has 0 fully saturated rings. The molecule has 0 amide bonds. The zero-order chi connectivity index (χ0) is 10.4. The van der Waals surface area contributed by atoms with Gasteiger partial charge in [0.25, 0.3) is 0 Å². The number of anilines is 1. The number of aromatic hydroxyl groups is 1. The monoisotopic (exact) mass is 215 g/mol. The molecule has 0 atom stereocenters. The van der Waals surface area contributed by atoms with Gasteiger partial charge < -0.3 is 10.8 Å². The standard InChI is InChI=1S/C12H9NOS/c13-9-6-5-8-7-3-1-2-4-10(7)15-12(8)11(9)14/h1-6,14H,13H2. The summed E-state index contributed by atoms with van der Waals surface area (Å²) in [4.78, 5) is 0. The predicted octanol–water partition coefficient (Wildman–Crippen LogP) is 3.34. The van der Waals surface area contributed by atoms with Gasteiger partial charge >= 0.3 is 0 Å². The van der Waals surface area contributed by atoms with Crippen molar-refractivity contribution in [3.05, 3.63) is 36.4 Å². The predicted molar refractivity (Wildman–Crippen MR) is 65.4 cm³/mol. The summed E-state index contributed by atoms with van der Waals surface area (Å²) in [6.07, 6.45) is 0. The average Bonchev–Trinajstić information content (AvgIpc) is 2.63. The van der Waals surface area contributed by atoms with Crippen LogP contribution in [0.5, 0.6) is 5.75 Å². The third kappa shape index (κ3) is 1.10. The van der Waals surface area contributed by atoms with Crippen LogP contribution in [-0.2, 0) is 0 Å². The molecule has 3 N–H and O–H groups in total. The Kier molecular flexibility index (Phi) is 1.64. The smallest absolute Gasteiger partial charge is 0.156 e. The number of hydrogen-bond acceptors (Lipinski definition) is 3. The highest BCUT2D eigenvalue weighted by molar-refractivity contribution is 7.26. The number of thiophene rings is 1. The Morgan fingerprint density at radius 3 is 2.67 bits per heavy atom. The third-order valence-electron chi connectivity index (χ3n) is 2.55. The van der Waals surface area contributed by atoms with Crippen LogP contribution in [0.4, 0.5) is 5.69 Å². The van der Waals surface area contributed by atoms with Crippen LogP contribution in [0, 0.1) is 0 Å². The first-order valence-corrected chi connectivity index (χ1v) is 5.48. The Bertz CT molecular complexity index is 657. The zero-order valence-electron chi connectivity index (χ0n) is 7.90. The van der Waals surface area contributed by atoms with E-state index in [4.69, 9.17) is 5.73 Å². The van der Waals surface area contributed by atoms with Gasteiger partial charge in [-0.15, -0.1) is 11.3 Å². The Morgan fingerprint density at radius 2 is 1.80 bits per heavy atom. The van der Waals surface area contributed by atoms with E-state index in [1.54, 1.807) is 17.4 Å². The maximum absolute atomic E-state index is 9.84. The van der Waals surface area contributed by atoms with Crippen molar-refractivity contribution in [1.82, 2.24) is 0 Å². The maximum Gasteiger partial charge on any atom is 0.156 e. The quantitative estimate of drug-likeness (QED) is 0.446. The number of nitrogen functional groups attached to an aromatic ring is 1. The van der Waals surface area contributed by atoms with Crippen LogP contribution < -0.4 is 5.73 Å². The molecule has 15 heavy (non-hydrogen) atoms. The Morgan fingerprint density at radius 1 is 1.00 bits per heavy atom. The van der Waals surface area contributed by atoms with Crippen molar-refractivity contribution >= 4 is 37.2 Å². The average molecular weight is 215 g/mol. The van der Waals surface area contributed by atoms with E-state index in [0.717, 1.165) is 10.1 Å². The molecule has 0 aliphatic heterocycles. The lowest BCUT2D eigenvalue weighted by atomic mass is 10.1. The lowest BCUT2D eigenvalue weighted by Gasteiger charge is -1.98. The minimum absolute atomic E-state index is 0.203. The van der Waals surface area contributed by atoms with Crippen molar-refractivity contribution in [2.45, 2.75) is 0 Å². The third-order valence-corrected chi connectivity index (χ3v) is 3.75. The lowest BCUT2D eigenvalue weighted by molar-refractivity contribution is 0.485. The largest absolute Gasteiger partial charge is 0.504 e. The molecule has 2 aromatic carbocycles. The summed E-state index contributed by atoms with van der Waals surface area (Å²) in [6.45, 7) is 0. The van der Waals surface area contributed by atoms with E-state index in [1.165, 1.54) is 10.1 Å². The van der Waals surface area contributed by atoms with E-state index in [1.807, 2.05) is 18.2 Å². The Hall–Kier alpha value is -1.74. The summed E-state index contributed by atoms with van der Waals surface area (Å²) in [7, 11) is 0. The van der Waals surface area contributed by atoms with Crippen molar-refractivity contribution in [2.75, 3.05) is 5.73 Å². The fraction of sp³-hybridized carbons (Fsp3) is 0. The molecule has 1 aromatic heterocycles. The molecule has 3 rings (SSSR count). The fourth-order valence-electron chi connectivity index (χ4n) is 1.79. The van der Waals surface area contributed by atoms with Gasteiger partial charge in [0.05, 0.1) is 10.4 Å². The highest BCUT2D eigenvalue weighted by atomic mass is 32.1. The van der Waals surface area contributed by atoms with Gasteiger partial charge in [-0.3, -0.25) is 0 Å². The highest BCUT2D eigenvalue weighted by Gasteiger charge is 2.09. The summed E-state index contributed by atoms with van der Waals surface area (Å²) in [5.41, 5.74) is 6.10. The maximum atomic E-state index is 9.84. The van der Waals surface area contributed by atoms with Crippen molar-refractivity contribution in [2.24, 2.45) is 0 Å². The molecule has 0 spiro atoms. The molecule has 3 aromatic rings. The Labute approximate surface area is 90.6 Å². The van der Waals surface area contributed by atoms with Gasteiger partial charge in [-0.05, 0) is 12.1 Å². The molecule has 0 radical (unpaired) electrons. The molecule has 0 unspecified atom stereocenters. The molecular weight excluding hydrogens is 206 g/mol. The van der Waals surface area contributed by atoms with Crippen LogP contribution in [0.2, 0.25) is 0 Å². The fourth-order valence-corrected chi connectivity index (χ4v) is 2.95. The second-order valence-corrected chi connectivity index (χ2v) is 4.53. The van der Waals surface area contributed by atoms with Crippen LogP contribution in [-0.4, -0.2) is 5.11 Å². The van der Waals surface area contributed by atoms with Crippen molar-refractivity contribution in [3.63, 3.8) is 0 Å². The van der Waals surface area contributed by atoms with E-state index in [9.17, 15) is 5.11 Å². The molecule has 1 heterocycles. The number of hydrogen-bond donors (Lipinski definition) is 2. The van der Waals surface area contributed by atoms with Gasteiger partial charge in [0.2, 0.25) is 0 Å².